The number of benzene rings is 3. The van der Waals surface area contributed by atoms with Crippen molar-refractivity contribution in [3.63, 3.8) is 0 Å². The second kappa shape index (κ2) is 10.4. The van der Waals surface area contributed by atoms with Crippen molar-refractivity contribution in [1.29, 1.82) is 0 Å². The molecular weight excluding hydrogens is 404 g/mol. The van der Waals surface area contributed by atoms with Gasteiger partial charge in [-0.25, -0.2) is 0 Å². The summed E-state index contributed by atoms with van der Waals surface area (Å²) in [5.41, 5.74) is 4.03. The van der Waals surface area contributed by atoms with Gasteiger partial charge in [0.1, 0.15) is 0 Å². The van der Waals surface area contributed by atoms with Crippen LogP contribution in [0, 0.1) is 0 Å². The molecule has 2 aliphatic rings. The second-order valence-corrected chi connectivity index (χ2v) is 9.60. The number of rotatable bonds is 9. The van der Waals surface area contributed by atoms with E-state index in [4.69, 9.17) is 0 Å². The van der Waals surface area contributed by atoms with E-state index >= 15 is 0 Å². The van der Waals surface area contributed by atoms with Crippen LogP contribution in [0.4, 0.5) is 0 Å². The number of hydrogen-bond donors (Lipinski definition) is 0. The average Bonchev–Trinajstić information content (AvgIpc) is 3.17. The third-order valence-electron chi connectivity index (χ3n) is 7.49. The number of amides is 1. The molecule has 3 heteroatoms. The Kier molecular flexibility index (Phi) is 6.87. The van der Waals surface area contributed by atoms with Crippen LogP contribution in [-0.4, -0.2) is 40.4 Å². The molecule has 5 rings (SSSR count). The molecule has 0 radical (unpaired) electrons. The summed E-state index contributed by atoms with van der Waals surface area (Å²) in [7, 11) is 0. The number of fused-ring (bicyclic) bond motifs is 2. The standard InChI is InChI=1S/C30H34N2O/c33-30-29-21-20-28(31(29)22-26-14-8-3-9-15-26)23-32(30)27(18-16-24-10-4-1-5-11-24)19-17-25-12-6-2-7-13-25/h1-15,27-29H,16-23H2/t28-,29+/m1/s1. The highest BCUT2D eigenvalue weighted by Crippen LogP contribution is 2.34. The predicted molar refractivity (Wildman–Crippen MR) is 134 cm³/mol. The van der Waals surface area contributed by atoms with E-state index in [1.54, 1.807) is 0 Å². The molecule has 0 aliphatic carbocycles. The van der Waals surface area contributed by atoms with Gasteiger partial charge in [0.25, 0.3) is 0 Å². The van der Waals surface area contributed by atoms with Crippen molar-refractivity contribution in [3.05, 3.63) is 108 Å². The van der Waals surface area contributed by atoms with Crippen LogP contribution in [0.25, 0.3) is 0 Å². The molecule has 3 nitrogen and oxygen atoms in total. The highest BCUT2D eigenvalue weighted by molar-refractivity contribution is 5.83. The Balaban J connectivity index is 1.30. The highest BCUT2D eigenvalue weighted by Gasteiger charge is 2.46. The van der Waals surface area contributed by atoms with E-state index in [2.05, 4.69) is 101 Å². The van der Waals surface area contributed by atoms with Crippen molar-refractivity contribution < 1.29 is 4.79 Å². The van der Waals surface area contributed by atoms with E-state index in [1.165, 1.54) is 16.7 Å². The maximum Gasteiger partial charge on any atom is 0.240 e. The monoisotopic (exact) mass is 438 g/mol. The fourth-order valence-electron chi connectivity index (χ4n) is 5.68. The number of carbonyl (C=O) groups is 1. The molecule has 0 saturated carbocycles. The molecule has 2 heterocycles. The van der Waals surface area contributed by atoms with E-state index in [1.807, 2.05) is 0 Å². The summed E-state index contributed by atoms with van der Waals surface area (Å²) < 4.78 is 0. The summed E-state index contributed by atoms with van der Waals surface area (Å²) in [6, 6.07) is 32.8. The van der Waals surface area contributed by atoms with Crippen molar-refractivity contribution in [2.24, 2.45) is 0 Å². The molecule has 0 aromatic heterocycles. The first-order chi connectivity index (χ1) is 16.3. The third kappa shape index (κ3) is 5.20. The van der Waals surface area contributed by atoms with Crippen LogP contribution in [-0.2, 0) is 24.2 Å². The lowest BCUT2D eigenvalue weighted by Crippen LogP contribution is -2.59. The van der Waals surface area contributed by atoms with E-state index < -0.39 is 0 Å². The lowest BCUT2D eigenvalue weighted by atomic mass is 9.96. The molecule has 2 aliphatic heterocycles. The van der Waals surface area contributed by atoms with Gasteiger partial charge >= 0.3 is 0 Å². The smallest absolute Gasteiger partial charge is 0.240 e. The molecule has 2 atom stereocenters. The third-order valence-corrected chi connectivity index (χ3v) is 7.49. The topological polar surface area (TPSA) is 23.6 Å². The van der Waals surface area contributed by atoms with E-state index in [0.717, 1.165) is 51.6 Å². The number of carbonyl (C=O) groups excluding carboxylic acids is 1. The number of nitrogens with zero attached hydrogens (tertiary/aromatic N) is 2. The summed E-state index contributed by atoms with van der Waals surface area (Å²) in [6.07, 6.45) is 6.22. The number of likely N-dealkylation sites (tertiary alicyclic amines) is 1. The highest BCUT2D eigenvalue weighted by atomic mass is 16.2. The van der Waals surface area contributed by atoms with Gasteiger partial charge in [0.05, 0.1) is 6.04 Å². The number of aryl methyl sites for hydroxylation is 2. The molecule has 170 valence electrons. The molecular formula is C30H34N2O. The summed E-state index contributed by atoms with van der Waals surface area (Å²) >= 11 is 0. The Bertz CT molecular complexity index is 977. The Morgan fingerprint density at radius 2 is 1.21 bits per heavy atom. The lowest BCUT2D eigenvalue weighted by molar-refractivity contribution is -0.145. The molecule has 0 unspecified atom stereocenters. The molecule has 2 saturated heterocycles. The van der Waals surface area contributed by atoms with Gasteiger partial charge in [-0.3, -0.25) is 9.69 Å². The Morgan fingerprint density at radius 1 is 0.697 bits per heavy atom. The predicted octanol–water partition coefficient (Wildman–Crippen LogP) is 5.50. The van der Waals surface area contributed by atoms with Crippen molar-refractivity contribution >= 4 is 5.91 Å². The van der Waals surface area contributed by atoms with Crippen LogP contribution in [0.5, 0.6) is 0 Å². The van der Waals surface area contributed by atoms with Crippen LogP contribution in [0.2, 0.25) is 0 Å². The molecule has 3 aromatic rings. The first-order valence-corrected chi connectivity index (χ1v) is 12.5. The maximum atomic E-state index is 13.7. The van der Waals surface area contributed by atoms with Gasteiger partial charge in [-0.05, 0) is 55.2 Å². The molecule has 2 fully saturated rings. The zero-order valence-corrected chi connectivity index (χ0v) is 19.4. The Labute approximate surface area is 198 Å². The van der Waals surface area contributed by atoms with Crippen LogP contribution < -0.4 is 0 Å². The van der Waals surface area contributed by atoms with Gasteiger partial charge in [0.2, 0.25) is 5.91 Å². The van der Waals surface area contributed by atoms with Crippen molar-refractivity contribution in [2.45, 2.75) is 63.2 Å². The molecule has 0 N–H and O–H groups in total. The van der Waals surface area contributed by atoms with Gasteiger partial charge in [-0.1, -0.05) is 91.0 Å². The van der Waals surface area contributed by atoms with Crippen molar-refractivity contribution in [1.82, 2.24) is 9.80 Å². The fourth-order valence-corrected chi connectivity index (χ4v) is 5.68. The lowest BCUT2D eigenvalue weighted by Gasteiger charge is -2.44. The van der Waals surface area contributed by atoms with Crippen molar-refractivity contribution in [3.8, 4) is 0 Å². The second-order valence-electron chi connectivity index (χ2n) is 9.60. The first kappa shape index (κ1) is 21.9. The van der Waals surface area contributed by atoms with E-state index in [0.29, 0.717) is 18.0 Å². The quantitative estimate of drug-likeness (QED) is 0.441. The molecule has 2 bridgehead atoms. The number of hydrogen-bond acceptors (Lipinski definition) is 2. The van der Waals surface area contributed by atoms with E-state index in [9.17, 15) is 4.79 Å². The zero-order chi connectivity index (χ0) is 22.5. The Morgan fingerprint density at radius 3 is 1.76 bits per heavy atom. The largest absolute Gasteiger partial charge is 0.337 e. The van der Waals surface area contributed by atoms with Crippen molar-refractivity contribution in [2.75, 3.05) is 6.54 Å². The van der Waals surface area contributed by atoms with Gasteiger partial charge in [-0.2, -0.15) is 0 Å². The summed E-state index contributed by atoms with van der Waals surface area (Å²) in [6.45, 7) is 1.75. The SMILES string of the molecule is O=C1[C@@H]2CC[C@H](CN1C(CCc1ccccc1)CCc1ccccc1)N2Cc1ccccc1. The molecule has 0 spiro atoms. The summed E-state index contributed by atoms with van der Waals surface area (Å²) in [4.78, 5) is 18.5. The molecule has 3 aromatic carbocycles. The normalized spacial score (nSPS) is 20.5. The molecule has 1 amide bonds. The Hall–Kier alpha value is -2.91. The van der Waals surface area contributed by atoms with Gasteiger partial charge < -0.3 is 4.90 Å². The number of piperazine rings is 1. The zero-order valence-electron chi connectivity index (χ0n) is 19.4. The summed E-state index contributed by atoms with van der Waals surface area (Å²) in [5.74, 6) is 0.353. The maximum absolute atomic E-state index is 13.7. The van der Waals surface area contributed by atoms with Gasteiger partial charge in [-0.15, -0.1) is 0 Å². The van der Waals surface area contributed by atoms with Gasteiger partial charge in [0.15, 0.2) is 0 Å². The fraction of sp³-hybridized carbons (Fsp3) is 0.367. The minimum atomic E-state index is 0.0416. The average molecular weight is 439 g/mol. The minimum absolute atomic E-state index is 0.0416. The van der Waals surface area contributed by atoms with Crippen LogP contribution in [0.1, 0.15) is 42.4 Å². The van der Waals surface area contributed by atoms with Gasteiger partial charge in [0, 0.05) is 25.2 Å². The van der Waals surface area contributed by atoms with E-state index in [-0.39, 0.29) is 6.04 Å². The van der Waals surface area contributed by atoms with Crippen LogP contribution in [0.15, 0.2) is 91.0 Å². The van der Waals surface area contributed by atoms with Crippen LogP contribution >= 0.6 is 0 Å². The first-order valence-electron chi connectivity index (χ1n) is 12.5. The van der Waals surface area contributed by atoms with Crippen LogP contribution in [0.3, 0.4) is 0 Å². The molecule has 33 heavy (non-hydrogen) atoms. The minimum Gasteiger partial charge on any atom is -0.337 e. The summed E-state index contributed by atoms with van der Waals surface area (Å²) in [5, 5.41) is 0.